The molecule has 2 aliphatic rings. The number of aromatic nitrogens is 2. The van der Waals surface area contributed by atoms with Crippen molar-refractivity contribution in [1.82, 2.24) is 14.0 Å². The van der Waals surface area contributed by atoms with Gasteiger partial charge in [-0.15, -0.1) is 6.58 Å². The summed E-state index contributed by atoms with van der Waals surface area (Å²) in [5.41, 5.74) is 1.60. The van der Waals surface area contributed by atoms with Gasteiger partial charge in [-0.2, -0.15) is 9.13 Å². The molecule has 2 aliphatic heterocycles. The van der Waals surface area contributed by atoms with Crippen LogP contribution in [0.25, 0.3) is 16.6 Å². The van der Waals surface area contributed by atoms with Crippen LogP contribution in [0.1, 0.15) is 25.3 Å². The summed E-state index contributed by atoms with van der Waals surface area (Å²) in [5, 5.41) is 10.1. The number of allylic oxidation sites excluding steroid dienone is 1. The van der Waals surface area contributed by atoms with E-state index in [4.69, 9.17) is 9.47 Å². The molecule has 10 nitrogen and oxygen atoms in total. The highest BCUT2D eigenvalue weighted by molar-refractivity contribution is 5.97. The average Bonchev–Trinajstić information content (AvgIpc) is 3.31. The minimum absolute atomic E-state index is 0.121. The van der Waals surface area contributed by atoms with Crippen LogP contribution in [0.15, 0.2) is 66.7 Å². The van der Waals surface area contributed by atoms with Gasteiger partial charge in [-0.25, -0.2) is 14.4 Å². The lowest BCUT2D eigenvalue weighted by molar-refractivity contribution is -0.157. The van der Waals surface area contributed by atoms with E-state index in [9.17, 15) is 24.3 Å². The van der Waals surface area contributed by atoms with Crippen LogP contribution in [-0.4, -0.2) is 62.6 Å². The molecule has 188 valence electrons. The largest absolute Gasteiger partial charge is 0.445 e. The maximum Gasteiger partial charge on any atom is 0.423 e. The Morgan fingerprint density at radius 3 is 2.22 bits per heavy atom. The zero-order valence-corrected chi connectivity index (χ0v) is 19.9. The molecule has 4 rings (SSSR count). The lowest BCUT2D eigenvalue weighted by Crippen LogP contribution is -2.61. The van der Waals surface area contributed by atoms with Gasteiger partial charge in [-0.3, -0.25) is 4.79 Å². The number of carbonyl (C=O) groups excluding carboxylic acids is 3. The molecule has 1 amide bonds. The highest BCUT2D eigenvalue weighted by Gasteiger charge is 2.54. The fourth-order valence-corrected chi connectivity index (χ4v) is 4.89. The van der Waals surface area contributed by atoms with E-state index in [0.29, 0.717) is 18.4 Å². The average molecular weight is 494 g/mol. The molecular formula is C26H27N3O7. The number of ether oxygens (including phenoxy) is 2. The van der Waals surface area contributed by atoms with Gasteiger partial charge in [0.25, 0.3) is 0 Å². The molecule has 1 saturated heterocycles. The van der Waals surface area contributed by atoms with Crippen molar-refractivity contribution in [1.29, 1.82) is 0 Å². The number of fused-ring (bicyclic) bond motifs is 2. The standard InChI is InChI=1S/C26H27N3O7/c1-5-8-18-17(14-21-22(15(4)30)23(31)27(18)21)16-9-10-19-20(13-16)29(26(34)36-12-7-3)24(32)28(19)25(33)35-11-6-2/h5-7,9-10,13,15,21-22,30H,1-3,8,11-12,14H2,4H3/t15-,21-,22-/m1/s1. The zero-order valence-electron chi connectivity index (χ0n) is 19.9. The Morgan fingerprint density at radius 1 is 1.06 bits per heavy atom. The van der Waals surface area contributed by atoms with Crippen molar-refractivity contribution in [3.05, 3.63) is 77.9 Å². The fourth-order valence-electron chi connectivity index (χ4n) is 4.89. The van der Waals surface area contributed by atoms with Crippen molar-refractivity contribution in [2.45, 2.75) is 31.9 Å². The number of benzene rings is 1. The summed E-state index contributed by atoms with van der Waals surface area (Å²) in [6.45, 7) is 12.1. The molecular weight excluding hydrogens is 466 g/mol. The Balaban J connectivity index is 1.86. The Labute approximate surface area is 207 Å². The first-order chi connectivity index (χ1) is 17.3. The van der Waals surface area contributed by atoms with Crippen molar-refractivity contribution < 1.29 is 29.0 Å². The van der Waals surface area contributed by atoms with E-state index in [2.05, 4.69) is 19.7 Å². The highest BCUT2D eigenvalue weighted by Crippen LogP contribution is 2.48. The van der Waals surface area contributed by atoms with E-state index in [1.807, 2.05) is 0 Å². The van der Waals surface area contributed by atoms with Gasteiger partial charge < -0.3 is 19.5 Å². The summed E-state index contributed by atoms with van der Waals surface area (Å²) < 4.78 is 11.6. The van der Waals surface area contributed by atoms with Crippen LogP contribution in [0, 0.1) is 5.92 Å². The van der Waals surface area contributed by atoms with Gasteiger partial charge in [-0.05, 0) is 36.6 Å². The number of β-lactam (4-membered cyclic amide) rings is 1. The number of carbonyl (C=O) groups is 3. The first-order valence-electron chi connectivity index (χ1n) is 11.4. The van der Waals surface area contributed by atoms with Crippen molar-refractivity contribution in [3.8, 4) is 0 Å². The highest BCUT2D eigenvalue weighted by atomic mass is 16.6. The monoisotopic (exact) mass is 493 g/mol. The molecule has 36 heavy (non-hydrogen) atoms. The van der Waals surface area contributed by atoms with Gasteiger partial charge in [0.1, 0.15) is 13.2 Å². The summed E-state index contributed by atoms with van der Waals surface area (Å²) >= 11 is 0. The number of hydrogen-bond donors (Lipinski definition) is 1. The van der Waals surface area contributed by atoms with Crippen LogP contribution in [-0.2, 0) is 14.3 Å². The molecule has 3 atom stereocenters. The number of hydrogen-bond acceptors (Lipinski definition) is 7. The second-order valence-corrected chi connectivity index (χ2v) is 8.55. The molecule has 3 heterocycles. The Morgan fingerprint density at radius 2 is 1.67 bits per heavy atom. The third-order valence-corrected chi connectivity index (χ3v) is 6.38. The SMILES string of the molecule is C=CCOC(=O)n1c(=O)n(C(=O)OCC=C)c2cc(C3=C(CC=C)N4C(=O)[C@H]([C@@H](C)O)[C@H]4C3)ccc21. The van der Waals surface area contributed by atoms with Crippen LogP contribution >= 0.6 is 0 Å². The van der Waals surface area contributed by atoms with Crippen LogP contribution in [0.3, 0.4) is 0 Å². The van der Waals surface area contributed by atoms with E-state index in [-0.39, 0.29) is 36.2 Å². The van der Waals surface area contributed by atoms with E-state index < -0.39 is 29.9 Å². The summed E-state index contributed by atoms with van der Waals surface area (Å²) in [6, 6.07) is 4.68. The second kappa shape index (κ2) is 9.82. The molecule has 1 N–H and O–H groups in total. The zero-order chi connectivity index (χ0) is 26.1. The quantitative estimate of drug-likeness (QED) is 0.443. The summed E-state index contributed by atoms with van der Waals surface area (Å²) in [4.78, 5) is 52.9. The van der Waals surface area contributed by atoms with Gasteiger partial charge in [-0.1, -0.05) is 37.5 Å². The third kappa shape index (κ3) is 3.89. The maximum atomic E-state index is 13.1. The number of rotatable bonds is 8. The van der Waals surface area contributed by atoms with E-state index >= 15 is 0 Å². The minimum atomic E-state index is -0.975. The molecule has 10 heteroatoms. The first-order valence-corrected chi connectivity index (χ1v) is 11.4. The summed E-state index contributed by atoms with van der Waals surface area (Å²) in [6.07, 6.45) is 2.59. The molecule has 0 radical (unpaired) electrons. The Hall–Kier alpha value is -4.18. The van der Waals surface area contributed by atoms with Crippen molar-refractivity contribution >= 4 is 34.7 Å². The second-order valence-electron chi connectivity index (χ2n) is 8.55. The molecule has 0 saturated carbocycles. The van der Waals surface area contributed by atoms with Crippen LogP contribution in [0.5, 0.6) is 0 Å². The summed E-state index contributed by atoms with van der Waals surface area (Å²) in [5.74, 6) is -0.650. The van der Waals surface area contributed by atoms with E-state index in [1.165, 1.54) is 12.2 Å². The number of nitrogens with zero attached hydrogens (tertiary/aromatic N) is 3. The number of aliphatic hydroxyl groups excluding tert-OH is 1. The lowest BCUT2D eigenvalue weighted by atomic mass is 9.82. The number of amides is 1. The molecule has 0 unspecified atom stereocenters. The molecule has 0 spiro atoms. The number of aliphatic hydroxyl groups is 1. The van der Waals surface area contributed by atoms with Crippen LogP contribution < -0.4 is 5.69 Å². The lowest BCUT2D eigenvalue weighted by Gasteiger charge is -2.45. The number of imidazole rings is 1. The molecule has 0 bridgehead atoms. The maximum absolute atomic E-state index is 13.1. The predicted octanol–water partition coefficient (Wildman–Crippen LogP) is 3.04. The van der Waals surface area contributed by atoms with Crippen molar-refractivity contribution in [2.24, 2.45) is 5.92 Å². The molecule has 2 aromatic rings. The predicted molar refractivity (Wildman–Crippen MR) is 132 cm³/mol. The fraction of sp³-hybridized carbons (Fsp3) is 0.308. The van der Waals surface area contributed by atoms with Gasteiger partial charge in [0.15, 0.2) is 0 Å². The Bertz CT molecular complexity index is 1380. The normalized spacial score (nSPS) is 19.5. The van der Waals surface area contributed by atoms with E-state index in [1.54, 1.807) is 36.1 Å². The van der Waals surface area contributed by atoms with Crippen molar-refractivity contribution in [2.75, 3.05) is 13.2 Å². The smallest absolute Gasteiger partial charge is 0.423 e. The van der Waals surface area contributed by atoms with Gasteiger partial charge >= 0.3 is 17.9 Å². The van der Waals surface area contributed by atoms with Crippen LogP contribution in [0.4, 0.5) is 9.59 Å². The topological polar surface area (TPSA) is 120 Å². The Kier molecular flexibility index (Phi) is 6.80. The van der Waals surface area contributed by atoms with Crippen molar-refractivity contribution in [3.63, 3.8) is 0 Å². The first kappa shape index (κ1) is 24.9. The van der Waals surface area contributed by atoms with Gasteiger partial charge in [0.2, 0.25) is 5.91 Å². The van der Waals surface area contributed by atoms with Crippen LogP contribution in [0.2, 0.25) is 0 Å². The molecule has 0 aliphatic carbocycles. The van der Waals surface area contributed by atoms with Gasteiger partial charge in [0.05, 0.1) is 29.1 Å². The van der Waals surface area contributed by atoms with E-state index in [0.717, 1.165) is 20.4 Å². The van der Waals surface area contributed by atoms with Gasteiger partial charge in [0, 0.05) is 12.1 Å². The molecule has 1 aromatic heterocycles. The minimum Gasteiger partial charge on any atom is -0.445 e. The molecule has 1 fully saturated rings. The molecule has 1 aromatic carbocycles. The third-order valence-electron chi connectivity index (χ3n) is 6.38. The summed E-state index contributed by atoms with van der Waals surface area (Å²) in [7, 11) is 0.